The van der Waals surface area contributed by atoms with Gasteiger partial charge in [-0.05, 0) is 24.3 Å². The predicted molar refractivity (Wildman–Crippen MR) is 71.4 cm³/mol. The summed E-state index contributed by atoms with van der Waals surface area (Å²) in [6.07, 6.45) is 1.72. The van der Waals surface area contributed by atoms with Crippen LogP contribution in [0.15, 0.2) is 30.3 Å². The van der Waals surface area contributed by atoms with E-state index in [4.69, 9.17) is 16.7 Å². The molecule has 1 aliphatic rings. The molecule has 0 saturated carbocycles. The molecule has 98 valence electrons. The maximum atomic E-state index is 12.2. The van der Waals surface area contributed by atoms with Gasteiger partial charge in [-0.15, -0.1) is 11.6 Å². The van der Waals surface area contributed by atoms with E-state index in [0.29, 0.717) is 19.0 Å². The average molecular weight is 268 g/mol. The summed E-state index contributed by atoms with van der Waals surface area (Å²) in [5.41, 5.74) is 0.841. The van der Waals surface area contributed by atoms with Crippen molar-refractivity contribution >= 4 is 17.5 Å². The van der Waals surface area contributed by atoms with E-state index in [1.165, 1.54) is 0 Å². The van der Waals surface area contributed by atoms with E-state index in [1.54, 1.807) is 4.90 Å². The van der Waals surface area contributed by atoms with Gasteiger partial charge in [0.25, 0.3) is 0 Å². The molecule has 0 radical (unpaired) electrons. The Morgan fingerprint density at radius 2 is 1.94 bits per heavy atom. The summed E-state index contributed by atoms with van der Waals surface area (Å²) in [6, 6.07) is 9.42. The topological polar surface area (TPSA) is 40.5 Å². The van der Waals surface area contributed by atoms with E-state index in [-0.39, 0.29) is 12.5 Å². The fourth-order valence-electron chi connectivity index (χ4n) is 2.26. The number of benzene rings is 1. The van der Waals surface area contributed by atoms with E-state index >= 15 is 0 Å². The third-order valence-corrected chi connectivity index (χ3v) is 3.93. The molecule has 1 aromatic carbocycles. The molecule has 2 rings (SSSR count). The van der Waals surface area contributed by atoms with Gasteiger partial charge in [0.2, 0.25) is 5.91 Å². The fraction of sp³-hybridized carbons (Fsp3) is 0.500. The third-order valence-electron chi connectivity index (χ3n) is 3.49. The highest BCUT2D eigenvalue weighted by Crippen LogP contribution is 2.25. The lowest BCUT2D eigenvalue weighted by atomic mass is 9.97. The van der Waals surface area contributed by atoms with Gasteiger partial charge >= 0.3 is 0 Å². The number of piperidine rings is 1. The first-order valence-electron chi connectivity index (χ1n) is 6.31. The molecule has 1 N–H and O–H groups in total. The van der Waals surface area contributed by atoms with E-state index in [0.717, 1.165) is 18.4 Å². The van der Waals surface area contributed by atoms with Crippen molar-refractivity contribution in [3.05, 3.63) is 35.9 Å². The number of rotatable bonds is 3. The lowest BCUT2D eigenvalue weighted by Crippen LogP contribution is -2.40. The second-order valence-electron chi connectivity index (χ2n) is 4.72. The number of carbonyl (C=O) groups excluding carboxylic acids is 1. The minimum Gasteiger partial charge on any atom is -0.396 e. The van der Waals surface area contributed by atoms with Crippen LogP contribution in [0, 0.1) is 5.92 Å². The zero-order valence-corrected chi connectivity index (χ0v) is 11.0. The first-order chi connectivity index (χ1) is 8.72. The Balaban J connectivity index is 1.96. The molecule has 18 heavy (non-hydrogen) atoms. The summed E-state index contributed by atoms with van der Waals surface area (Å²) in [5.74, 6) is 0.304. The van der Waals surface area contributed by atoms with Crippen LogP contribution in [0.3, 0.4) is 0 Å². The number of aliphatic hydroxyl groups excluding tert-OH is 1. The van der Waals surface area contributed by atoms with Gasteiger partial charge in [-0.1, -0.05) is 30.3 Å². The zero-order chi connectivity index (χ0) is 13.0. The molecule has 1 amide bonds. The SMILES string of the molecule is O=C(C(Cl)c1ccccc1)N1CCC(CO)CC1. The Bertz CT molecular complexity index is 388. The van der Waals surface area contributed by atoms with Crippen LogP contribution in [-0.2, 0) is 4.79 Å². The summed E-state index contributed by atoms with van der Waals surface area (Å²) >= 11 is 6.22. The van der Waals surface area contributed by atoms with Crippen LogP contribution in [0.4, 0.5) is 0 Å². The smallest absolute Gasteiger partial charge is 0.245 e. The van der Waals surface area contributed by atoms with Crippen molar-refractivity contribution in [3.8, 4) is 0 Å². The zero-order valence-electron chi connectivity index (χ0n) is 10.3. The Morgan fingerprint density at radius 3 is 2.50 bits per heavy atom. The molecule has 3 nitrogen and oxygen atoms in total. The lowest BCUT2D eigenvalue weighted by Gasteiger charge is -2.32. The molecule has 0 aliphatic carbocycles. The van der Waals surface area contributed by atoms with Crippen LogP contribution in [0.25, 0.3) is 0 Å². The van der Waals surface area contributed by atoms with Gasteiger partial charge in [0.05, 0.1) is 0 Å². The molecule has 0 bridgehead atoms. The number of likely N-dealkylation sites (tertiary alicyclic amines) is 1. The molecule has 1 heterocycles. The number of halogens is 1. The summed E-state index contributed by atoms with van der Waals surface area (Å²) < 4.78 is 0. The van der Waals surface area contributed by atoms with Gasteiger partial charge in [-0.25, -0.2) is 0 Å². The van der Waals surface area contributed by atoms with Gasteiger partial charge in [-0.2, -0.15) is 0 Å². The second-order valence-corrected chi connectivity index (χ2v) is 5.16. The molecule has 4 heteroatoms. The van der Waals surface area contributed by atoms with Crippen molar-refractivity contribution in [2.45, 2.75) is 18.2 Å². The quantitative estimate of drug-likeness (QED) is 0.853. The first-order valence-corrected chi connectivity index (χ1v) is 6.74. The summed E-state index contributed by atoms with van der Waals surface area (Å²) in [7, 11) is 0. The number of carbonyl (C=O) groups is 1. The summed E-state index contributed by atoms with van der Waals surface area (Å²) in [6.45, 7) is 1.60. The van der Waals surface area contributed by atoms with Crippen LogP contribution < -0.4 is 0 Å². The average Bonchev–Trinajstić information content (AvgIpc) is 2.47. The number of nitrogens with zero attached hydrogens (tertiary/aromatic N) is 1. The van der Waals surface area contributed by atoms with Crippen molar-refractivity contribution in [2.75, 3.05) is 19.7 Å². The molecule has 0 aromatic heterocycles. The van der Waals surface area contributed by atoms with Crippen LogP contribution in [0.2, 0.25) is 0 Å². The van der Waals surface area contributed by atoms with Crippen LogP contribution >= 0.6 is 11.6 Å². The van der Waals surface area contributed by atoms with Gasteiger partial charge < -0.3 is 10.0 Å². The number of hydrogen-bond acceptors (Lipinski definition) is 2. The summed E-state index contributed by atoms with van der Waals surface area (Å²) in [5, 5.41) is 8.47. The Kier molecular flexibility index (Phi) is 4.61. The standard InChI is InChI=1S/C14H18ClNO2/c15-13(12-4-2-1-3-5-12)14(18)16-8-6-11(10-17)7-9-16/h1-5,11,13,17H,6-10H2. The number of hydrogen-bond donors (Lipinski definition) is 1. The molecule has 1 aliphatic heterocycles. The van der Waals surface area contributed by atoms with E-state index < -0.39 is 5.38 Å². The van der Waals surface area contributed by atoms with Crippen molar-refractivity contribution in [3.63, 3.8) is 0 Å². The first kappa shape index (κ1) is 13.4. The van der Waals surface area contributed by atoms with Crippen molar-refractivity contribution in [2.24, 2.45) is 5.92 Å². The number of alkyl halides is 1. The molecular weight excluding hydrogens is 250 g/mol. The molecule has 0 spiro atoms. The predicted octanol–water partition coefficient (Wildman–Crippen LogP) is 2.20. The molecule has 1 saturated heterocycles. The van der Waals surface area contributed by atoms with Crippen molar-refractivity contribution in [1.82, 2.24) is 4.90 Å². The molecule has 1 atom stereocenters. The Labute approximate surface area is 112 Å². The molecule has 1 unspecified atom stereocenters. The highest BCUT2D eigenvalue weighted by molar-refractivity contribution is 6.30. The number of aliphatic hydroxyl groups is 1. The van der Waals surface area contributed by atoms with Crippen LogP contribution in [-0.4, -0.2) is 35.6 Å². The maximum Gasteiger partial charge on any atom is 0.245 e. The molecule has 1 aromatic rings. The van der Waals surface area contributed by atoms with E-state index in [1.807, 2.05) is 30.3 Å². The molecule has 1 fully saturated rings. The number of amides is 1. The van der Waals surface area contributed by atoms with Gasteiger partial charge in [0.15, 0.2) is 0 Å². The Hall–Kier alpha value is -1.06. The van der Waals surface area contributed by atoms with Crippen LogP contribution in [0.1, 0.15) is 23.8 Å². The maximum absolute atomic E-state index is 12.2. The van der Waals surface area contributed by atoms with Gasteiger partial charge in [0, 0.05) is 19.7 Å². The fourth-order valence-corrected chi connectivity index (χ4v) is 2.54. The van der Waals surface area contributed by atoms with Gasteiger partial charge in [-0.3, -0.25) is 4.79 Å². The highest BCUT2D eigenvalue weighted by atomic mass is 35.5. The van der Waals surface area contributed by atoms with Crippen LogP contribution in [0.5, 0.6) is 0 Å². The normalized spacial score (nSPS) is 18.7. The largest absolute Gasteiger partial charge is 0.396 e. The second kappa shape index (κ2) is 6.21. The third kappa shape index (κ3) is 3.03. The summed E-state index contributed by atoms with van der Waals surface area (Å²) in [4.78, 5) is 14.0. The minimum atomic E-state index is -0.600. The van der Waals surface area contributed by atoms with Crippen molar-refractivity contribution in [1.29, 1.82) is 0 Å². The Morgan fingerprint density at radius 1 is 1.33 bits per heavy atom. The minimum absolute atomic E-state index is 0.0285. The monoisotopic (exact) mass is 267 g/mol. The highest BCUT2D eigenvalue weighted by Gasteiger charge is 2.27. The van der Waals surface area contributed by atoms with E-state index in [9.17, 15) is 4.79 Å². The lowest BCUT2D eigenvalue weighted by molar-refractivity contribution is -0.132. The van der Waals surface area contributed by atoms with E-state index in [2.05, 4.69) is 0 Å². The van der Waals surface area contributed by atoms with Crippen molar-refractivity contribution < 1.29 is 9.90 Å². The van der Waals surface area contributed by atoms with Gasteiger partial charge in [0.1, 0.15) is 5.38 Å². The molecular formula is C14H18ClNO2.